The third-order valence-electron chi connectivity index (χ3n) is 4.47. The first-order valence-electron chi connectivity index (χ1n) is 9.48. The third-order valence-corrected chi connectivity index (χ3v) is 5.44. The highest BCUT2D eigenvalue weighted by Crippen LogP contribution is 2.21. The van der Waals surface area contributed by atoms with E-state index in [0.29, 0.717) is 34.7 Å². The molecule has 0 fully saturated rings. The van der Waals surface area contributed by atoms with Crippen LogP contribution in [0.3, 0.4) is 0 Å². The summed E-state index contributed by atoms with van der Waals surface area (Å²) in [7, 11) is 1.33. The predicted molar refractivity (Wildman–Crippen MR) is 120 cm³/mol. The predicted octanol–water partition coefficient (Wildman–Crippen LogP) is 5.21. The molecular weight excluding hydrogens is 398 g/mol. The van der Waals surface area contributed by atoms with Crippen LogP contribution in [-0.4, -0.2) is 31.3 Å². The van der Waals surface area contributed by atoms with E-state index in [1.165, 1.54) is 12.0 Å². The largest absolute Gasteiger partial charge is 0.493 e. The fourth-order valence-corrected chi connectivity index (χ4v) is 3.59. The lowest BCUT2D eigenvalue weighted by atomic mass is 10.1. The highest BCUT2D eigenvalue weighted by Gasteiger charge is 2.14. The highest BCUT2D eigenvalue weighted by atomic mass is 32.2. The first kappa shape index (κ1) is 21.5. The number of hydrogen-bond donors (Lipinski definition) is 1. The van der Waals surface area contributed by atoms with E-state index in [4.69, 9.17) is 9.47 Å². The molecule has 154 valence electrons. The molecule has 0 aliphatic rings. The van der Waals surface area contributed by atoms with E-state index in [2.05, 4.69) is 17.4 Å². The molecule has 0 atom stereocenters. The molecule has 1 N–H and O–H groups in total. The first-order valence-corrected chi connectivity index (χ1v) is 10.5. The van der Waals surface area contributed by atoms with Gasteiger partial charge in [0.05, 0.1) is 19.3 Å². The molecule has 0 saturated heterocycles. The van der Waals surface area contributed by atoms with Crippen molar-refractivity contribution in [3.63, 3.8) is 0 Å². The van der Waals surface area contributed by atoms with Gasteiger partial charge >= 0.3 is 5.97 Å². The van der Waals surface area contributed by atoms with Crippen LogP contribution in [0.25, 0.3) is 0 Å². The number of rotatable bonds is 8. The van der Waals surface area contributed by atoms with E-state index < -0.39 is 5.97 Å². The van der Waals surface area contributed by atoms with Crippen molar-refractivity contribution in [1.82, 2.24) is 0 Å². The lowest BCUT2D eigenvalue weighted by molar-refractivity contribution is 0.0599. The summed E-state index contributed by atoms with van der Waals surface area (Å²) in [5.74, 6) is 0.855. The molecule has 0 unspecified atom stereocenters. The fourth-order valence-electron chi connectivity index (χ4n) is 2.83. The number of carbonyl (C=O) groups is 2. The summed E-state index contributed by atoms with van der Waals surface area (Å²) in [5, 5.41) is 2.84. The minimum absolute atomic E-state index is 0.258. The zero-order valence-electron chi connectivity index (χ0n) is 16.9. The van der Waals surface area contributed by atoms with Gasteiger partial charge in [-0.05, 0) is 61.0 Å². The lowest BCUT2D eigenvalue weighted by Crippen LogP contribution is -2.14. The number of nitrogens with one attached hydrogen (secondary N) is 1. The maximum absolute atomic E-state index is 12.6. The summed E-state index contributed by atoms with van der Waals surface area (Å²) in [4.78, 5) is 25.6. The molecule has 0 heterocycles. The van der Waals surface area contributed by atoms with Gasteiger partial charge in [-0.1, -0.05) is 24.3 Å². The summed E-state index contributed by atoms with van der Waals surface area (Å²) in [6, 6.07) is 22.3. The maximum atomic E-state index is 12.6. The Morgan fingerprint density at radius 3 is 2.37 bits per heavy atom. The molecule has 0 aromatic heterocycles. The van der Waals surface area contributed by atoms with Crippen LogP contribution in [-0.2, 0) is 4.74 Å². The standard InChI is InChI=1S/C24H23NO4S/c1-17-21(24(27)28-2)9-6-10-22(17)25-23(26)18-11-13-19(14-12-18)29-15-16-30-20-7-4-3-5-8-20/h3-14H,15-16H2,1-2H3,(H,25,26). The van der Waals surface area contributed by atoms with Crippen LogP contribution in [0.5, 0.6) is 5.75 Å². The SMILES string of the molecule is COC(=O)c1cccc(NC(=O)c2ccc(OCCSc3ccccc3)cc2)c1C. The van der Waals surface area contributed by atoms with Crippen LogP contribution in [0.15, 0.2) is 77.7 Å². The molecule has 6 heteroatoms. The lowest BCUT2D eigenvalue weighted by Gasteiger charge is -2.12. The molecule has 0 spiro atoms. The van der Waals surface area contributed by atoms with Crippen LogP contribution in [0.1, 0.15) is 26.3 Å². The summed E-state index contributed by atoms with van der Waals surface area (Å²) < 4.78 is 10.5. The van der Waals surface area contributed by atoms with Gasteiger partial charge < -0.3 is 14.8 Å². The van der Waals surface area contributed by atoms with Gasteiger partial charge in [-0.25, -0.2) is 4.79 Å². The average molecular weight is 422 g/mol. The highest BCUT2D eigenvalue weighted by molar-refractivity contribution is 7.99. The van der Waals surface area contributed by atoms with E-state index in [0.717, 1.165) is 5.75 Å². The zero-order chi connectivity index (χ0) is 21.3. The van der Waals surface area contributed by atoms with Crippen molar-refractivity contribution in [2.24, 2.45) is 0 Å². The van der Waals surface area contributed by atoms with Gasteiger partial charge in [0.25, 0.3) is 5.91 Å². The van der Waals surface area contributed by atoms with Gasteiger partial charge in [-0.15, -0.1) is 11.8 Å². The van der Waals surface area contributed by atoms with Crippen LogP contribution in [0, 0.1) is 6.92 Å². The van der Waals surface area contributed by atoms with E-state index in [9.17, 15) is 9.59 Å². The summed E-state index contributed by atoms with van der Waals surface area (Å²) in [5.41, 5.74) is 2.16. The molecule has 1 amide bonds. The molecule has 0 radical (unpaired) electrons. The van der Waals surface area contributed by atoms with Gasteiger partial charge in [0.2, 0.25) is 0 Å². The average Bonchev–Trinajstić information content (AvgIpc) is 2.78. The third kappa shape index (κ3) is 5.64. The number of benzene rings is 3. The number of ether oxygens (including phenoxy) is 2. The quantitative estimate of drug-likeness (QED) is 0.307. The van der Waals surface area contributed by atoms with Crippen LogP contribution in [0.2, 0.25) is 0 Å². The molecule has 0 saturated carbocycles. The zero-order valence-corrected chi connectivity index (χ0v) is 17.7. The molecular formula is C24H23NO4S. The van der Waals surface area contributed by atoms with Gasteiger partial charge in [0.15, 0.2) is 0 Å². The minimum atomic E-state index is -0.435. The van der Waals surface area contributed by atoms with Crippen molar-refractivity contribution in [1.29, 1.82) is 0 Å². The number of thioether (sulfide) groups is 1. The Hall–Kier alpha value is -3.25. The van der Waals surface area contributed by atoms with Gasteiger partial charge in [0.1, 0.15) is 5.75 Å². The van der Waals surface area contributed by atoms with Crippen molar-refractivity contribution >= 4 is 29.3 Å². The summed E-state index contributed by atoms with van der Waals surface area (Å²) in [6.45, 7) is 2.34. The Morgan fingerprint density at radius 2 is 1.67 bits per heavy atom. The van der Waals surface area contributed by atoms with E-state index in [-0.39, 0.29) is 5.91 Å². The second-order valence-corrected chi connectivity index (χ2v) is 7.63. The Bertz CT molecular complexity index is 1000. The Balaban J connectivity index is 1.54. The van der Waals surface area contributed by atoms with Crippen LogP contribution >= 0.6 is 11.8 Å². The molecule has 30 heavy (non-hydrogen) atoms. The number of carbonyl (C=O) groups excluding carboxylic acids is 2. The number of esters is 1. The van der Waals surface area contributed by atoms with Gasteiger partial charge in [0, 0.05) is 21.9 Å². The Morgan fingerprint density at radius 1 is 0.933 bits per heavy atom. The van der Waals surface area contributed by atoms with Crippen molar-refractivity contribution in [2.75, 3.05) is 24.8 Å². The Kier molecular flexibility index (Phi) is 7.51. The van der Waals surface area contributed by atoms with E-state index >= 15 is 0 Å². The number of amides is 1. The summed E-state index contributed by atoms with van der Waals surface area (Å²) in [6.07, 6.45) is 0. The van der Waals surface area contributed by atoms with Gasteiger partial charge in [-0.2, -0.15) is 0 Å². The summed E-state index contributed by atoms with van der Waals surface area (Å²) >= 11 is 1.73. The monoisotopic (exact) mass is 421 g/mol. The smallest absolute Gasteiger partial charge is 0.338 e. The molecule has 0 bridgehead atoms. The molecule has 5 nitrogen and oxygen atoms in total. The number of methoxy groups -OCH3 is 1. The van der Waals surface area contributed by atoms with Gasteiger partial charge in [-0.3, -0.25) is 4.79 Å². The first-order chi connectivity index (χ1) is 14.6. The number of anilines is 1. The molecule has 0 aliphatic carbocycles. The van der Waals surface area contributed by atoms with E-state index in [1.54, 1.807) is 61.2 Å². The fraction of sp³-hybridized carbons (Fsp3) is 0.167. The normalized spacial score (nSPS) is 10.3. The second-order valence-electron chi connectivity index (χ2n) is 6.46. The minimum Gasteiger partial charge on any atom is -0.493 e. The van der Waals surface area contributed by atoms with Crippen molar-refractivity contribution in [3.05, 3.63) is 89.5 Å². The van der Waals surface area contributed by atoms with Crippen LogP contribution < -0.4 is 10.1 Å². The van der Waals surface area contributed by atoms with E-state index in [1.807, 2.05) is 18.2 Å². The topological polar surface area (TPSA) is 64.6 Å². The molecule has 3 rings (SSSR count). The number of hydrogen-bond acceptors (Lipinski definition) is 5. The van der Waals surface area contributed by atoms with Crippen LogP contribution in [0.4, 0.5) is 5.69 Å². The van der Waals surface area contributed by atoms with Crippen molar-refractivity contribution in [3.8, 4) is 5.75 Å². The molecule has 3 aromatic carbocycles. The molecule has 3 aromatic rings. The Labute approximate surface area is 180 Å². The molecule has 0 aliphatic heterocycles. The second kappa shape index (κ2) is 10.5. The van der Waals surface area contributed by atoms with Crippen molar-refractivity contribution in [2.45, 2.75) is 11.8 Å². The van der Waals surface area contributed by atoms with Crippen molar-refractivity contribution < 1.29 is 19.1 Å². The maximum Gasteiger partial charge on any atom is 0.338 e.